The van der Waals surface area contributed by atoms with Crippen molar-refractivity contribution in [3.8, 4) is 0 Å². The first-order valence-corrected chi connectivity index (χ1v) is 5.95. The minimum absolute atomic E-state index is 0.0662. The van der Waals surface area contributed by atoms with Gasteiger partial charge in [0.2, 0.25) is 0 Å². The lowest BCUT2D eigenvalue weighted by atomic mass is 10.1. The summed E-state index contributed by atoms with van der Waals surface area (Å²) in [6.07, 6.45) is -3.58. The summed E-state index contributed by atoms with van der Waals surface area (Å²) in [6.45, 7) is 2.01. The topological polar surface area (TPSA) is 74.4 Å². The monoisotopic (exact) mass is 292 g/mol. The van der Waals surface area contributed by atoms with Gasteiger partial charge in [0.25, 0.3) is 0 Å². The SMILES string of the molecule is CN(C)CC(C)(O)CNc1cc(C(F)(F)F)ncc1N. The molecule has 1 aromatic rings. The highest BCUT2D eigenvalue weighted by molar-refractivity contribution is 5.65. The summed E-state index contributed by atoms with van der Waals surface area (Å²) in [5, 5.41) is 12.8. The van der Waals surface area contributed by atoms with Gasteiger partial charge in [0.15, 0.2) is 0 Å². The fraction of sp³-hybridized carbons (Fsp3) is 0.583. The maximum absolute atomic E-state index is 12.6. The Morgan fingerprint density at radius 1 is 1.40 bits per heavy atom. The smallest absolute Gasteiger partial charge is 0.396 e. The molecule has 0 aliphatic heterocycles. The van der Waals surface area contributed by atoms with E-state index >= 15 is 0 Å². The minimum Gasteiger partial charge on any atom is -0.396 e. The summed E-state index contributed by atoms with van der Waals surface area (Å²) in [6, 6.07) is 0.834. The molecule has 0 aliphatic carbocycles. The van der Waals surface area contributed by atoms with Crippen molar-refractivity contribution in [3.63, 3.8) is 0 Å². The van der Waals surface area contributed by atoms with Crippen LogP contribution in [-0.4, -0.2) is 47.8 Å². The van der Waals surface area contributed by atoms with Crippen LogP contribution in [0.2, 0.25) is 0 Å². The molecule has 0 fully saturated rings. The van der Waals surface area contributed by atoms with E-state index in [0.29, 0.717) is 6.54 Å². The number of nitrogens with one attached hydrogen (secondary N) is 1. The zero-order valence-corrected chi connectivity index (χ0v) is 11.6. The molecule has 0 radical (unpaired) electrons. The molecule has 0 aliphatic rings. The van der Waals surface area contributed by atoms with E-state index in [-0.39, 0.29) is 17.9 Å². The quantitative estimate of drug-likeness (QED) is 0.765. The first-order valence-electron chi connectivity index (χ1n) is 5.95. The van der Waals surface area contributed by atoms with Crippen LogP contribution >= 0.6 is 0 Å². The number of likely N-dealkylation sites (N-methyl/N-ethyl adjacent to an activating group) is 1. The molecule has 1 aromatic heterocycles. The summed E-state index contributed by atoms with van der Waals surface area (Å²) in [5.41, 5.74) is 3.65. The second-order valence-electron chi connectivity index (χ2n) is 5.24. The van der Waals surface area contributed by atoms with Crippen molar-refractivity contribution < 1.29 is 18.3 Å². The molecule has 0 spiro atoms. The number of alkyl halides is 3. The van der Waals surface area contributed by atoms with Gasteiger partial charge in [-0.2, -0.15) is 13.2 Å². The van der Waals surface area contributed by atoms with E-state index in [1.807, 2.05) is 0 Å². The molecular weight excluding hydrogens is 273 g/mol. The summed E-state index contributed by atoms with van der Waals surface area (Å²) in [4.78, 5) is 5.02. The molecule has 1 unspecified atom stereocenters. The molecular formula is C12H19F3N4O. The van der Waals surface area contributed by atoms with Gasteiger partial charge in [-0.1, -0.05) is 0 Å². The van der Waals surface area contributed by atoms with Crippen LogP contribution in [0, 0.1) is 0 Å². The normalized spacial score (nSPS) is 15.2. The summed E-state index contributed by atoms with van der Waals surface area (Å²) >= 11 is 0. The van der Waals surface area contributed by atoms with Crippen molar-refractivity contribution in [1.82, 2.24) is 9.88 Å². The Morgan fingerprint density at radius 2 is 2.00 bits per heavy atom. The maximum Gasteiger partial charge on any atom is 0.433 e. The van der Waals surface area contributed by atoms with Crippen LogP contribution in [0.5, 0.6) is 0 Å². The number of nitrogen functional groups attached to an aromatic ring is 1. The van der Waals surface area contributed by atoms with Crippen molar-refractivity contribution in [2.75, 3.05) is 38.2 Å². The highest BCUT2D eigenvalue weighted by atomic mass is 19.4. The number of anilines is 2. The van der Waals surface area contributed by atoms with Crippen LogP contribution in [0.15, 0.2) is 12.3 Å². The number of pyridine rings is 1. The van der Waals surface area contributed by atoms with E-state index in [9.17, 15) is 18.3 Å². The van der Waals surface area contributed by atoms with Gasteiger partial charge >= 0.3 is 6.18 Å². The number of rotatable bonds is 5. The van der Waals surface area contributed by atoms with Gasteiger partial charge in [-0.05, 0) is 27.1 Å². The summed E-state index contributed by atoms with van der Waals surface area (Å²) < 4.78 is 37.7. The molecule has 114 valence electrons. The average molecular weight is 292 g/mol. The van der Waals surface area contributed by atoms with E-state index in [1.165, 1.54) is 0 Å². The molecule has 1 rings (SSSR count). The third-order valence-corrected chi connectivity index (χ3v) is 2.54. The largest absolute Gasteiger partial charge is 0.433 e. The van der Waals surface area contributed by atoms with Crippen LogP contribution in [0.1, 0.15) is 12.6 Å². The third-order valence-electron chi connectivity index (χ3n) is 2.54. The van der Waals surface area contributed by atoms with Gasteiger partial charge in [0.1, 0.15) is 5.69 Å². The van der Waals surface area contributed by atoms with E-state index in [0.717, 1.165) is 12.3 Å². The fourth-order valence-electron chi connectivity index (χ4n) is 1.80. The van der Waals surface area contributed by atoms with Gasteiger partial charge in [-0.15, -0.1) is 0 Å². The second kappa shape index (κ2) is 5.84. The number of aliphatic hydroxyl groups is 1. The average Bonchev–Trinajstić information content (AvgIpc) is 2.24. The second-order valence-corrected chi connectivity index (χ2v) is 5.24. The van der Waals surface area contributed by atoms with Crippen LogP contribution in [0.4, 0.5) is 24.5 Å². The molecule has 1 atom stereocenters. The number of halogens is 3. The number of aromatic nitrogens is 1. The molecule has 1 heterocycles. The molecule has 5 nitrogen and oxygen atoms in total. The Balaban J connectivity index is 2.82. The summed E-state index contributed by atoms with van der Waals surface area (Å²) in [7, 11) is 3.58. The number of nitrogens with zero attached hydrogens (tertiary/aromatic N) is 2. The minimum atomic E-state index is -4.53. The van der Waals surface area contributed by atoms with E-state index < -0.39 is 17.5 Å². The summed E-state index contributed by atoms with van der Waals surface area (Å²) in [5.74, 6) is 0. The van der Waals surface area contributed by atoms with Gasteiger partial charge < -0.3 is 21.1 Å². The van der Waals surface area contributed by atoms with Gasteiger partial charge in [0.05, 0.1) is 23.2 Å². The predicted octanol–water partition coefficient (Wildman–Crippen LogP) is 1.41. The number of hydrogen-bond acceptors (Lipinski definition) is 5. The van der Waals surface area contributed by atoms with Crippen LogP contribution in [-0.2, 0) is 6.18 Å². The van der Waals surface area contributed by atoms with Crippen molar-refractivity contribution >= 4 is 11.4 Å². The standard InChI is InChI=1S/C12H19F3N4O/c1-11(20,7-19(2)3)6-18-9-4-10(12(13,14)15)17-5-8(9)16/h4-5,20H,6-7,16H2,1-3H3,(H,17,18). The first-order chi connectivity index (χ1) is 9.01. The Bertz CT molecular complexity index is 461. The molecule has 8 heteroatoms. The third kappa shape index (κ3) is 4.86. The highest BCUT2D eigenvalue weighted by Gasteiger charge is 2.33. The van der Waals surface area contributed by atoms with E-state index in [2.05, 4.69) is 10.3 Å². The number of hydrogen-bond donors (Lipinski definition) is 3. The molecule has 0 bridgehead atoms. The highest BCUT2D eigenvalue weighted by Crippen LogP contribution is 2.31. The Labute approximate surface area is 115 Å². The van der Waals surface area contributed by atoms with Crippen molar-refractivity contribution in [2.45, 2.75) is 18.7 Å². The van der Waals surface area contributed by atoms with Crippen LogP contribution in [0.3, 0.4) is 0 Å². The van der Waals surface area contributed by atoms with Crippen LogP contribution < -0.4 is 11.1 Å². The molecule has 0 aromatic carbocycles. The lowest BCUT2D eigenvalue weighted by Gasteiger charge is -2.27. The molecule has 0 saturated heterocycles. The predicted molar refractivity (Wildman–Crippen MR) is 71.3 cm³/mol. The molecule has 20 heavy (non-hydrogen) atoms. The molecule has 4 N–H and O–H groups in total. The fourth-order valence-corrected chi connectivity index (χ4v) is 1.80. The van der Waals surface area contributed by atoms with Crippen molar-refractivity contribution in [2.24, 2.45) is 0 Å². The van der Waals surface area contributed by atoms with Crippen molar-refractivity contribution in [1.29, 1.82) is 0 Å². The molecule has 0 saturated carbocycles. The van der Waals surface area contributed by atoms with Gasteiger partial charge in [-0.3, -0.25) is 0 Å². The van der Waals surface area contributed by atoms with E-state index in [1.54, 1.807) is 25.9 Å². The Hall–Kier alpha value is -1.54. The van der Waals surface area contributed by atoms with Crippen LogP contribution in [0.25, 0.3) is 0 Å². The zero-order chi connectivity index (χ0) is 15.6. The number of nitrogens with two attached hydrogens (primary N) is 1. The molecule has 0 amide bonds. The Kier molecular flexibility index (Phi) is 4.82. The van der Waals surface area contributed by atoms with Crippen molar-refractivity contribution in [3.05, 3.63) is 18.0 Å². The lowest BCUT2D eigenvalue weighted by Crippen LogP contribution is -2.43. The zero-order valence-electron chi connectivity index (χ0n) is 11.6. The van der Waals surface area contributed by atoms with Gasteiger partial charge in [0, 0.05) is 13.1 Å². The Morgan fingerprint density at radius 3 is 2.50 bits per heavy atom. The van der Waals surface area contributed by atoms with Gasteiger partial charge in [-0.25, -0.2) is 4.98 Å². The van der Waals surface area contributed by atoms with E-state index in [4.69, 9.17) is 5.73 Å². The first kappa shape index (κ1) is 16.5. The lowest BCUT2D eigenvalue weighted by molar-refractivity contribution is -0.141. The maximum atomic E-state index is 12.6.